The van der Waals surface area contributed by atoms with Crippen LogP contribution in [-0.4, -0.2) is 92.7 Å². The maximum atomic E-state index is 7.78. The number of pyridine rings is 8. The van der Waals surface area contributed by atoms with Gasteiger partial charge in [-0.3, -0.25) is 0 Å². The standard InChI is InChI=1S/C112H130N16O8S8/c1-17-25-65-129-89-81-82(90(130-66-26-18-2)98(138-74-35-51-122(10)52-36-74)97(89)137-73-33-49-121(9)50-34-73)106-113-105(81)117-107-83-84(92(132-68-28-20-4)100(140-76-39-55-124(12)56-40-76)99(91(83)131-67-27-19-3)139-75-37-53-123(11)54-38-75)109(114-107)119-111-87-88(96(136-72-32-24-8)104(144-80-47-63-128(16)64-48-80)103(95(87)135-71-31-23-7)143-79-45-61-127(15)62-46-79)112(116-111)120-110-86-85(108(115-110)118-106)93(133-69-29-21-5)101(141-77-41-57-125(13)58-42-77)102(94(86)134-70-30-22-6)142-78-43-59-126(14)60-44-78/h33-64H,17-32,65-72H2,1-16H3,(H2,113,114,115,116,117,118,119,120)/q+8. The van der Waals surface area contributed by atoms with Crippen LogP contribution in [0.5, 0.6) is 46.0 Å². The second-order valence-corrected chi connectivity index (χ2v) is 44.6. The minimum Gasteiger partial charge on any atom is -0.492 e. The molecule has 0 radical (unpaired) electrons. The van der Waals surface area contributed by atoms with Gasteiger partial charge in [0.25, 0.3) is 0 Å². The lowest BCUT2D eigenvalue weighted by Crippen LogP contribution is -2.25. The molecule has 0 amide bonds. The van der Waals surface area contributed by atoms with E-state index in [1.54, 1.807) is 94.1 Å². The van der Waals surface area contributed by atoms with Crippen LogP contribution in [0, 0.1) is 0 Å². The van der Waals surface area contributed by atoms with Crippen molar-refractivity contribution < 1.29 is 74.4 Å². The maximum absolute atomic E-state index is 7.78. The largest absolute Gasteiger partial charge is 0.492 e. The molecule has 32 heteroatoms. The summed E-state index contributed by atoms with van der Waals surface area (Å²) in [4.78, 5) is 60.0. The van der Waals surface area contributed by atoms with Crippen molar-refractivity contribution in [2.75, 3.05) is 52.9 Å². The summed E-state index contributed by atoms with van der Waals surface area (Å²) in [7, 11) is 16.3. The Morgan fingerprint density at radius 3 is 0.465 bits per heavy atom. The molecule has 24 nitrogen and oxygen atoms in total. The Hall–Kier alpha value is -11.4. The summed E-state index contributed by atoms with van der Waals surface area (Å²) in [5, 5.41) is 2.38. The number of rotatable bonds is 48. The van der Waals surface area contributed by atoms with E-state index >= 15 is 0 Å². The Kier molecular flexibility index (Phi) is 35.9. The van der Waals surface area contributed by atoms with Gasteiger partial charge in [0.1, 0.15) is 125 Å². The van der Waals surface area contributed by atoms with Gasteiger partial charge in [0, 0.05) is 136 Å². The molecule has 144 heavy (non-hydrogen) atoms. The average Bonchev–Trinajstić information content (AvgIpc) is 1.55. The molecule has 2 aliphatic heterocycles. The van der Waals surface area contributed by atoms with E-state index in [2.05, 4.69) is 298 Å². The van der Waals surface area contributed by atoms with E-state index in [9.17, 15) is 0 Å². The number of nitrogens with one attached hydrogen (secondary N) is 2. The predicted octanol–water partition coefficient (Wildman–Crippen LogP) is 24.1. The second kappa shape index (κ2) is 49.7. The van der Waals surface area contributed by atoms with Crippen LogP contribution in [0.2, 0.25) is 0 Å². The molecule has 0 saturated heterocycles. The SMILES string of the molecule is CCCCOc1c(Sc2cc[n+](C)cc2)c(Sc2cc[n+](C)cc2)c(OCCCC)c2c1-c1nc-2nc2[nH]c(nc3nc(nc4[nH]c(n1)c1c(OCCCC)c(Sc5cc[n+](C)cc5)c(Sc5cc[n+](C)cc5)c(OCCCC)c41)-c1c(OCCCC)c(Sc4cc[n+](C)cc4)c(Sc4cc[n+](C)cc4)c(OCCCC)c1-3)c1c(OCCCC)c(Sc3cc[n+](C)cc3)c(Sc3cc[n+](C)cc3)c(OCCCC)c21. The summed E-state index contributed by atoms with van der Waals surface area (Å²) in [5.41, 5.74) is 3.72. The number of ether oxygens (including phenoxy) is 8. The normalized spacial score (nSPS) is 11.7. The third kappa shape index (κ3) is 24.3. The van der Waals surface area contributed by atoms with Gasteiger partial charge < -0.3 is 47.9 Å². The van der Waals surface area contributed by atoms with Gasteiger partial charge in [0.15, 0.2) is 122 Å². The highest BCUT2D eigenvalue weighted by Gasteiger charge is 2.41. The molecule has 0 spiro atoms. The van der Waals surface area contributed by atoms with Crippen molar-refractivity contribution in [1.29, 1.82) is 0 Å². The van der Waals surface area contributed by atoms with Crippen LogP contribution in [0.15, 0.2) is 275 Å². The van der Waals surface area contributed by atoms with Crippen LogP contribution in [0.3, 0.4) is 0 Å². The van der Waals surface area contributed by atoms with Crippen molar-refractivity contribution in [2.24, 2.45) is 56.4 Å². The first-order valence-electron chi connectivity index (χ1n) is 50.2. The highest BCUT2D eigenvalue weighted by atomic mass is 32.2. The fourth-order valence-electron chi connectivity index (χ4n) is 16.2. The number of fused-ring (bicyclic) bond motifs is 20. The smallest absolute Gasteiger partial charge is 0.169 e. The Morgan fingerprint density at radius 2 is 0.326 bits per heavy atom. The monoisotopic (exact) mass is 2080 g/mol. The lowest BCUT2D eigenvalue weighted by atomic mass is 10.0. The highest BCUT2D eigenvalue weighted by Crippen LogP contribution is 2.64. The summed E-state index contributed by atoms with van der Waals surface area (Å²) in [6, 6.07) is 34.5. The topological polar surface area (TPSA) is 214 Å². The summed E-state index contributed by atoms with van der Waals surface area (Å²) < 4.78 is 78.7. The first-order valence-corrected chi connectivity index (χ1v) is 56.7. The maximum Gasteiger partial charge on any atom is 0.169 e. The summed E-state index contributed by atoms with van der Waals surface area (Å²) in [6.45, 7) is 20.3. The van der Waals surface area contributed by atoms with Crippen LogP contribution in [0.25, 0.3) is 89.7 Å². The van der Waals surface area contributed by atoms with Crippen molar-refractivity contribution in [2.45, 2.75) is 236 Å². The van der Waals surface area contributed by atoms with Crippen molar-refractivity contribution in [3.8, 4) is 91.5 Å². The Bertz CT molecular complexity index is 6370. The fourth-order valence-corrected chi connectivity index (χ4v) is 24.6. The van der Waals surface area contributed by atoms with E-state index in [4.69, 9.17) is 67.8 Å². The van der Waals surface area contributed by atoms with Gasteiger partial charge in [-0.25, -0.2) is 66.4 Å². The molecule has 2 aliphatic rings. The Balaban J connectivity index is 1.18. The van der Waals surface area contributed by atoms with Crippen molar-refractivity contribution >= 4 is 138 Å². The van der Waals surface area contributed by atoms with Crippen molar-refractivity contribution in [3.63, 3.8) is 0 Å². The molecule has 0 fully saturated rings. The van der Waals surface area contributed by atoms with Gasteiger partial charge in [-0.1, -0.05) is 201 Å². The van der Waals surface area contributed by atoms with Crippen LogP contribution < -0.4 is 74.4 Å². The molecule has 0 aliphatic carbocycles. The molecule has 0 atom stereocenters. The zero-order chi connectivity index (χ0) is 100. The third-order valence-corrected chi connectivity index (χ3v) is 33.5. The molecular formula is C112H130N16O8S8+8. The lowest BCUT2D eigenvalue weighted by Gasteiger charge is -2.23. The molecule has 11 aromatic heterocycles. The number of hydrogen-bond donors (Lipinski definition) is 2. The van der Waals surface area contributed by atoms with Gasteiger partial charge in [-0.2, -0.15) is 0 Å². The number of aromatic nitrogens is 16. The van der Waals surface area contributed by atoms with Crippen molar-refractivity contribution in [3.05, 3.63) is 196 Å². The minimum atomic E-state index is 0.274. The van der Waals surface area contributed by atoms with Crippen LogP contribution in [0.1, 0.15) is 158 Å². The summed E-state index contributed by atoms with van der Waals surface area (Å²) >= 11 is 13.0. The number of benzene rings is 4. The van der Waals surface area contributed by atoms with Gasteiger partial charge in [-0.15, -0.1) is 0 Å². The Labute approximate surface area is 878 Å². The summed E-state index contributed by atoms with van der Waals surface area (Å²) in [6.07, 6.45) is 45.9. The first-order chi connectivity index (χ1) is 70.3. The number of H-pyrrole nitrogens is 2. The molecule has 0 unspecified atom stereocenters. The molecule has 15 aromatic rings. The summed E-state index contributed by atoms with van der Waals surface area (Å²) in [5.74, 6) is 5.58. The van der Waals surface area contributed by atoms with Crippen LogP contribution >= 0.6 is 94.1 Å². The van der Waals surface area contributed by atoms with Crippen LogP contribution in [0.4, 0.5) is 0 Å². The highest BCUT2D eigenvalue weighted by molar-refractivity contribution is 8.04. The molecule has 13 heterocycles. The van der Waals surface area contributed by atoms with E-state index in [-0.39, 0.29) is 23.3 Å². The third-order valence-electron chi connectivity index (χ3n) is 24.2. The van der Waals surface area contributed by atoms with E-state index in [0.717, 1.165) is 181 Å². The number of unbranched alkanes of at least 4 members (excludes halogenated alkanes) is 8. The quantitative estimate of drug-likeness (QED) is 0.0268. The number of aryl methyl sites for hydroxylation is 8. The number of aromatic amines is 2. The Morgan fingerprint density at radius 1 is 0.194 bits per heavy atom. The second-order valence-electron chi connectivity index (χ2n) is 35.9. The molecular weight excluding hydrogens is 1950 g/mol. The van der Waals surface area contributed by atoms with Crippen LogP contribution in [-0.2, 0) is 56.4 Å². The van der Waals surface area contributed by atoms with Gasteiger partial charge in [-0.05, 0) is 51.4 Å². The van der Waals surface area contributed by atoms with E-state index < -0.39 is 0 Å². The zero-order valence-corrected chi connectivity index (χ0v) is 91.8. The lowest BCUT2D eigenvalue weighted by molar-refractivity contribution is -0.671. The first kappa shape index (κ1) is 104. The molecule has 746 valence electrons. The van der Waals surface area contributed by atoms with E-state index in [1.165, 1.54) is 0 Å². The molecule has 2 N–H and O–H groups in total. The average molecular weight is 2080 g/mol. The van der Waals surface area contributed by atoms with Gasteiger partial charge in [0.2, 0.25) is 0 Å². The molecule has 17 rings (SSSR count). The molecule has 8 bridgehead atoms. The molecule has 4 aromatic carbocycles. The predicted molar refractivity (Wildman–Crippen MR) is 573 cm³/mol. The fraction of sp³-hybridized carbons (Fsp3) is 0.357. The van der Waals surface area contributed by atoms with E-state index in [0.29, 0.717) is 165 Å². The molecule has 0 saturated carbocycles. The van der Waals surface area contributed by atoms with Gasteiger partial charge in [0.05, 0.1) is 136 Å². The van der Waals surface area contributed by atoms with E-state index in [1.807, 2.05) is 56.4 Å². The van der Waals surface area contributed by atoms with Crippen molar-refractivity contribution in [1.82, 2.24) is 39.9 Å². The minimum absolute atomic E-state index is 0.274. The number of nitrogens with zero attached hydrogens (tertiary/aromatic N) is 14. The van der Waals surface area contributed by atoms with Gasteiger partial charge >= 0.3 is 0 Å². The number of hydrogen-bond acceptors (Lipinski definition) is 22. The zero-order valence-electron chi connectivity index (χ0n) is 85.2.